The average molecular weight is 311 g/mol. The number of aliphatic hydroxyl groups is 1. The molecule has 5 nitrogen and oxygen atoms in total. The molecular formula is C10H15ClN2O3S2. The molecule has 0 aromatic carbocycles. The summed E-state index contributed by atoms with van der Waals surface area (Å²) in [6.07, 6.45) is 2.46. The van der Waals surface area contributed by atoms with E-state index in [0.29, 0.717) is 18.7 Å². The fourth-order valence-corrected chi connectivity index (χ4v) is 5.71. The van der Waals surface area contributed by atoms with Gasteiger partial charge in [0, 0.05) is 12.6 Å². The van der Waals surface area contributed by atoms with Gasteiger partial charge in [-0.15, -0.1) is 0 Å². The second-order valence-electron chi connectivity index (χ2n) is 4.29. The quantitative estimate of drug-likeness (QED) is 0.921. The minimum atomic E-state index is -3.59. The SMILES string of the molecule is Cc1nc(Cl)sc1S(=O)(=O)N1CCCCC1CO. The summed E-state index contributed by atoms with van der Waals surface area (Å²) in [4.78, 5) is 3.94. The Bertz CT molecular complexity index is 529. The first-order valence-electron chi connectivity index (χ1n) is 5.72. The van der Waals surface area contributed by atoms with Crippen molar-refractivity contribution in [3.8, 4) is 0 Å². The van der Waals surface area contributed by atoms with Crippen LogP contribution in [0.2, 0.25) is 4.47 Å². The molecule has 1 aliphatic heterocycles. The fraction of sp³-hybridized carbons (Fsp3) is 0.700. The highest BCUT2D eigenvalue weighted by molar-refractivity contribution is 7.91. The van der Waals surface area contributed by atoms with Gasteiger partial charge in [-0.25, -0.2) is 13.4 Å². The van der Waals surface area contributed by atoms with Gasteiger partial charge >= 0.3 is 0 Å². The zero-order chi connectivity index (χ0) is 13.3. The lowest BCUT2D eigenvalue weighted by atomic mass is 10.1. The minimum absolute atomic E-state index is 0.148. The first-order valence-corrected chi connectivity index (χ1v) is 8.36. The Kier molecular flexibility index (Phi) is 4.28. The van der Waals surface area contributed by atoms with E-state index in [9.17, 15) is 13.5 Å². The lowest BCUT2D eigenvalue weighted by molar-refractivity contribution is 0.155. The van der Waals surface area contributed by atoms with Gasteiger partial charge in [0.25, 0.3) is 10.0 Å². The number of sulfonamides is 1. The molecule has 1 fully saturated rings. The van der Waals surface area contributed by atoms with Crippen molar-refractivity contribution >= 4 is 33.0 Å². The third-order valence-corrected chi connectivity index (χ3v) is 6.86. The van der Waals surface area contributed by atoms with E-state index >= 15 is 0 Å². The Labute approximate surface area is 115 Å². The second kappa shape index (κ2) is 5.42. The number of hydrogen-bond donors (Lipinski definition) is 1. The number of aryl methyl sites for hydroxylation is 1. The molecule has 0 bridgehead atoms. The van der Waals surface area contributed by atoms with Crippen molar-refractivity contribution in [1.82, 2.24) is 9.29 Å². The summed E-state index contributed by atoms with van der Waals surface area (Å²) >= 11 is 6.73. The zero-order valence-electron chi connectivity index (χ0n) is 9.97. The van der Waals surface area contributed by atoms with E-state index in [0.717, 1.165) is 24.2 Å². The molecule has 1 aromatic rings. The standard InChI is InChI=1S/C10H15ClN2O3S2/c1-7-9(17-10(11)12-7)18(15,16)13-5-3-2-4-8(13)6-14/h8,14H,2-6H2,1H3. The number of halogens is 1. The maximum atomic E-state index is 12.5. The number of nitrogens with zero attached hydrogens (tertiary/aromatic N) is 2. The number of hydrogen-bond acceptors (Lipinski definition) is 5. The van der Waals surface area contributed by atoms with Crippen LogP contribution in [0.5, 0.6) is 0 Å². The molecule has 1 aromatic heterocycles. The summed E-state index contributed by atoms with van der Waals surface area (Å²) in [6, 6.07) is -0.330. The van der Waals surface area contributed by atoms with Crippen LogP contribution >= 0.6 is 22.9 Å². The van der Waals surface area contributed by atoms with Crippen LogP contribution in [0.25, 0.3) is 0 Å². The molecule has 0 spiro atoms. The van der Waals surface area contributed by atoms with Crippen LogP contribution in [0.1, 0.15) is 25.0 Å². The molecule has 2 rings (SSSR count). The van der Waals surface area contributed by atoms with Gasteiger partial charge < -0.3 is 5.11 Å². The van der Waals surface area contributed by atoms with Crippen molar-refractivity contribution in [2.45, 2.75) is 36.4 Å². The van der Waals surface area contributed by atoms with Gasteiger partial charge in [0.1, 0.15) is 0 Å². The molecule has 1 unspecified atom stereocenters. The summed E-state index contributed by atoms with van der Waals surface area (Å²) in [5.41, 5.74) is 0.423. The van der Waals surface area contributed by atoms with Gasteiger partial charge in [-0.2, -0.15) is 4.31 Å². The van der Waals surface area contributed by atoms with Crippen molar-refractivity contribution < 1.29 is 13.5 Å². The molecule has 1 saturated heterocycles. The predicted octanol–water partition coefficient (Wildman–Crippen LogP) is 1.64. The van der Waals surface area contributed by atoms with Crippen molar-refractivity contribution in [1.29, 1.82) is 0 Å². The minimum Gasteiger partial charge on any atom is -0.395 e. The van der Waals surface area contributed by atoms with E-state index in [1.54, 1.807) is 6.92 Å². The highest BCUT2D eigenvalue weighted by Gasteiger charge is 2.35. The first kappa shape index (κ1) is 14.2. The lowest BCUT2D eigenvalue weighted by Gasteiger charge is -2.33. The van der Waals surface area contributed by atoms with Gasteiger partial charge in [-0.3, -0.25) is 0 Å². The summed E-state index contributed by atoms with van der Waals surface area (Å²) in [5, 5.41) is 9.30. The van der Waals surface area contributed by atoms with Gasteiger partial charge in [0.2, 0.25) is 0 Å². The molecule has 1 atom stereocenters. The second-order valence-corrected chi connectivity index (χ2v) is 7.95. The Balaban J connectivity index is 2.38. The molecule has 1 N–H and O–H groups in total. The highest BCUT2D eigenvalue weighted by atomic mass is 35.5. The number of rotatable bonds is 3. The van der Waals surface area contributed by atoms with E-state index in [2.05, 4.69) is 4.98 Å². The summed E-state index contributed by atoms with van der Waals surface area (Å²) in [7, 11) is -3.59. The molecular weight excluding hydrogens is 296 g/mol. The molecule has 0 aliphatic carbocycles. The van der Waals surface area contributed by atoms with Crippen LogP contribution in [-0.4, -0.2) is 42.0 Å². The number of aromatic nitrogens is 1. The van der Waals surface area contributed by atoms with E-state index in [4.69, 9.17) is 11.6 Å². The van der Waals surface area contributed by atoms with Crippen molar-refractivity contribution in [3.63, 3.8) is 0 Å². The Hall–Kier alpha value is -0.210. The molecule has 102 valence electrons. The Morgan fingerprint density at radius 3 is 2.83 bits per heavy atom. The third kappa shape index (κ3) is 2.55. The van der Waals surface area contributed by atoms with E-state index < -0.39 is 10.0 Å². The van der Waals surface area contributed by atoms with Crippen LogP contribution in [-0.2, 0) is 10.0 Å². The normalized spacial score (nSPS) is 22.3. The number of piperidine rings is 1. The topological polar surface area (TPSA) is 70.5 Å². The largest absolute Gasteiger partial charge is 0.395 e. The zero-order valence-corrected chi connectivity index (χ0v) is 12.4. The smallest absolute Gasteiger partial charge is 0.254 e. The fourth-order valence-electron chi connectivity index (χ4n) is 2.17. The number of aliphatic hydroxyl groups excluding tert-OH is 1. The van der Waals surface area contributed by atoms with Crippen molar-refractivity contribution in [2.24, 2.45) is 0 Å². The molecule has 0 radical (unpaired) electrons. The summed E-state index contributed by atoms with van der Waals surface area (Å²) in [5.74, 6) is 0. The van der Waals surface area contributed by atoms with Crippen LogP contribution in [0.3, 0.4) is 0 Å². The molecule has 18 heavy (non-hydrogen) atoms. The maximum Gasteiger partial charge on any atom is 0.254 e. The van der Waals surface area contributed by atoms with Crippen LogP contribution in [0, 0.1) is 6.92 Å². The monoisotopic (exact) mass is 310 g/mol. The van der Waals surface area contributed by atoms with Gasteiger partial charge in [0.05, 0.1) is 12.3 Å². The van der Waals surface area contributed by atoms with Crippen LogP contribution < -0.4 is 0 Å². The molecule has 1 aliphatic rings. The number of thiazole rings is 1. The van der Waals surface area contributed by atoms with Gasteiger partial charge in [-0.05, 0) is 19.8 Å². The predicted molar refractivity (Wildman–Crippen MR) is 70.5 cm³/mol. The lowest BCUT2D eigenvalue weighted by Crippen LogP contribution is -2.45. The highest BCUT2D eigenvalue weighted by Crippen LogP contribution is 2.32. The van der Waals surface area contributed by atoms with Crippen LogP contribution in [0.15, 0.2) is 4.21 Å². The van der Waals surface area contributed by atoms with E-state index in [1.807, 2.05) is 0 Å². The maximum absolute atomic E-state index is 12.5. The third-order valence-electron chi connectivity index (χ3n) is 3.05. The average Bonchev–Trinajstić information content (AvgIpc) is 2.69. The molecule has 8 heteroatoms. The first-order chi connectivity index (χ1) is 8.46. The molecule has 0 saturated carbocycles. The summed E-state index contributed by atoms with van der Waals surface area (Å²) in [6.45, 7) is 1.93. The van der Waals surface area contributed by atoms with E-state index in [-0.39, 0.29) is 21.3 Å². The Morgan fingerprint density at radius 1 is 1.56 bits per heavy atom. The van der Waals surface area contributed by atoms with Gasteiger partial charge in [-0.1, -0.05) is 29.4 Å². The summed E-state index contributed by atoms with van der Waals surface area (Å²) < 4.78 is 26.8. The van der Waals surface area contributed by atoms with Crippen LogP contribution in [0.4, 0.5) is 0 Å². The van der Waals surface area contributed by atoms with Gasteiger partial charge in [0.15, 0.2) is 8.68 Å². The molecule has 0 amide bonds. The van der Waals surface area contributed by atoms with E-state index in [1.165, 1.54) is 4.31 Å². The van der Waals surface area contributed by atoms with Crippen molar-refractivity contribution in [2.75, 3.05) is 13.2 Å². The van der Waals surface area contributed by atoms with Crippen molar-refractivity contribution in [3.05, 3.63) is 10.2 Å². The Morgan fingerprint density at radius 2 is 2.28 bits per heavy atom. The molecule has 2 heterocycles.